The van der Waals surface area contributed by atoms with Crippen LogP contribution in [0.3, 0.4) is 0 Å². The summed E-state index contributed by atoms with van der Waals surface area (Å²) >= 11 is 0. The van der Waals surface area contributed by atoms with Crippen LogP contribution in [0.2, 0.25) is 0 Å². The number of carbonyl (C=O) groups excluding carboxylic acids is 1. The maximum Gasteiger partial charge on any atom is 0.166 e. The maximum atomic E-state index is 12.1. The van der Waals surface area contributed by atoms with Crippen molar-refractivity contribution in [3.05, 3.63) is 29.8 Å². The maximum absolute atomic E-state index is 12.1. The molecule has 0 bridgehead atoms. The molecule has 0 aromatic heterocycles. The Morgan fingerprint density at radius 3 is 2.71 bits per heavy atom. The lowest BCUT2D eigenvalue weighted by molar-refractivity contribution is 0.0940. The van der Waals surface area contributed by atoms with Gasteiger partial charge in [0.05, 0.1) is 11.7 Å². The molecule has 1 N–H and O–H groups in total. The van der Waals surface area contributed by atoms with Crippen LogP contribution in [-0.2, 0) is 0 Å². The number of hydrogen-bond acceptors (Lipinski definition) is 3. The Morgan fingerprint density at radius 1 is 1.41 bits per heavy atom. The smallest absolute Gasteiger partial charge is 0.166 e. The minimum Gasteiger partial charge on any atom is -0.490 e. The van der Waals surface area contributed by atoms with Gasteiger partial charge >= 0.3 is 0 Å². The van der Waals surface area contributed by atoms with Crippen molar-refractivity contribution in [2.45, 2.75) is 26.4 Å². The van der Waals surface area contributed by atoms with Crippen LogP contribution in [-0.4, -0.2) is 25.0 Å². The van der Waals surface area contributed by atoms with Gasteiger partial charge in [-0.1, -0.05) is 12.1 Å². The number of carbonyl (C=O) groups is 1. The van der Waals surface area contributed by atoms with E-state index in [-0.39, 0.29) is 11.9 Å². The highest BCUT2D eigenvalue weighted by Crippen LogP contribution is 2.23. The number of rotatable bonds is 5. The first-order chi connectivity index (χ1) is 8.16. The summed E-state index contributed by atoms with van der Waals surface area (Å²) < 4.78 is 5.66. The highest BCUT2D eigenvalue weighted by Gasteiger charge is 2.22. The van der Waals surface area contributed by atoms with Crippen LogP contribution in [0.25, 0.3) is 0 Å². The summed E-state index contributed by atoms with van der Waals surface area (Å²) in [6.07, 6.45) is 0.708. The van der Waals surface area contributed by atoms with Crippen molar-refractivity contribution in [1.29, 1.82) is 0 Å². The van der Waals surface area contributed by atoms with Crippen LogP contribution in [0.4, 0.5) is 0 Å². The fourth-order valence-corrected chi connectivity index (χ4v) is 1.92. The van der Waals surface area contributed by atoms with Gasteiger partial charge in [0.2, 0.25) is 0 Å². The van der Waals surface area contributed by atoms with E-state index in [1.165, 1.54) is 0 Å². The third kappa shape index (κ3) is 3.07. The van der Waals surface area contributed by atoms with Gasteiger partial charge in [-0.3, -0.25) is 4.79 Å². The first-order valence-corrected chi connectivity index (χ1v) is 6.16. The second-order valence-electron chi connectivity index (χ2n) is 4.81. The van der Waals surface area contributed by atoms with Crippen LogP contribution in [0.15, 0.2) is 24.3 Å². The first-order valence-electron chi connectivity index (χ1n) is 6.16. The number of para-hydroxylation sites is 1. The molecule has 1 aromatic rings. The Hall–Kier alpha value is -1.35. The van der Waals surface area contributed by atoms with E-state index in [0.717, 1.165) is 13.1 Å². The van der Waals surface area contributed by atoms with E-state index < -0.39 is 0 Å². The minimum atomic E-state index is 0.0920. The summed E-state index contributed by atoms with van der Waals surface area (Å²) in [6.45, 7) is 5.85. The van der Waals surface area contributed by atoms with Crippen molar-refractivity contribution < 1.29 is 9.53 Å². The predicted molar refractivity (Wildman–Crippen MR) is 67.5 cm³/mol. The van der Waals surface area contributed by atoms with E-state index in [4.69, 9.17) is 4.74 Å². The molecule has 1 fully saturated rings. The zero-order valence-corrected chi connectivity index (χ0v) is 10.4. The number of nitrogens with one attached hydrogen (secondary N) is 1. The van der Waals surface area contributed by atoms with Gasteiger partial charge in [0.25, 0.3) is 0 Å². The number of hydrogen-bond donors (Lipinski definition) is 1. The van der Waals surface area contributed by atoms with Gasteiger partial charge in [0.1, 0.15) is 5.75 Å². The van der Waals surface area contributed by atoms with E-state index in [9.17, 15) is 4.79 Å². The molecule has 0 radical (unpaired) electrons. The van der Waals surface area contributed by atoms with Crippen molar-refractivity contribution in [2.75, 3.05) is 13.1 Å². The lowest BCUT2D eigenvalue weighted by atomic mass is 9.93. The molecule has 3 nitrogen and oxygen atoms in total. The van der Waals surface area contributed by atoms with Gasteiger partial charge in [-0.15, -0.1) is 0 Å². The van der Waals surface area contributed by atoms with E-state index in [2.05, 4.69) is 5.32 Å². The average molecular weight is 233 g/mol. The van der Waals surface area contributed by atoms with Crippen LogP contribution >= 0.6 is 0 Å². The molecule has 92 valence electrons. The molecule has 2 rings (SSSR count). The van der Waals surface area contributed by atoms with Crippen LogP contribution in [0.1, 0.15) is 30.6 Å². The standard InChI is InChI=1S/C14H19NO2/c1-10(2)17-14-6-4-3-5-12(14)13(16)7-11-8-15-9-11/h3-6,10-11,15H,7-9H2,1-2H3. The van der Waals surface area contributed by atoms with Crippen molar-refractivity contribution >= 4 is 5.78 Å². The Kier molecular flexibility index (Phi) is 3.79. The third-order valence-electron chi connectivity index (χ3n) is 2.89. The van der Waals surface area contributed by atoms with Crippen LogP contribution < -0.4 is 10.1 Å². The topological polar surface area (TPSA) is 38.3 Å². The van der Waals surface area contributed by atoms with Crippen molar-refractivity contribution in [2.24, 2.45) is 5.92 Å². The van der Waals surface area contributed by atoms with Gasteiger partial charge in [-0.25, -0.2) is 0 Å². The largest absolute Gasteiger partial charge is 0.490 e. The zero-order valence-electron chi connectivity index (χ0n) is 10.4. The molecule has 1 saturated heterocycles. The van der Waals surface area contributed by atoms with Crippen molar-refractivity contribution in [1.82, 2.24) is 5.32 Å². The van der Waals surface area contributed by atoms with Crippen LogP contribution in [0, 0.1) is 5.92 Å². The summed E-state index contributed by atoms with van der Waals surface area (Å²) in [5, 5.41) is 3.18. The van der Waals surface area contributed by atoms with E-state index >= 15 is 0 Å². The molecule has 0 saturated carbocycles. The lowest BCUT2D eigenvalue weighted by Gasteiger charge is -2.26. The van der Waals surface area contributed by atoms with Crippen LogP contribution in [0.5, 0.6) is 5.75 Å². The molecule has 0 unspecified atom stereocenters. The molecule has 1 aliphatic heterocycles. The van der Waals surface area contributed by atoms with Gasteiger partial charge in [0.15, 0.2) is 5.78 Å². The fourth-order valence-electron chi connectivity index (χ4n) is 1.92. The molecule has 0 atom stereocenters. The summed E-state index contributed by atoms with van der Waals surface area (Å²) in [4.78, 5) is 12.1. The number of benzene rings is 1. The normalized spacial score (nSPS) is 15.7. The highest BCUT2D eigenvalue weighted by atomic mass is 16.5. The molecule has 1 heterocycles. The number of ether oxygens (including phenoxy) is 1. The molecule has 17 heavy (non-hydrogen) atoms. The third-order valence-corrected chi connectivity index (χ3v) is 2.89. The first kappa shape index (κ1) is 12.1. The molecule has 0 spiro atoms. The average Bonchev–Trinajstić information content (AvgIpc) is 2.23. The molecule has 0 aliphatic carbocycles. The Morgan fingerprint density at radius 2 is 2.12 bits per heavy atom. The van der Waals surface area contributed by atoms with Gasteiger partial charge < -0.3 is 10.1 Å². The molecular formula is C14H19NO2. The van der Waals surface area contributed by atoms with Gasteiger partial charge in [0, 0.05) is 6.42 Å². The quantitative estimate of drug-likeness (QED) is 0.793. The molecule has 1 aromatic carbocycles. The predicted octanol–water partition coefficient (Wildman–Crippen LogP) is 2.27. The Labute approximate surface area is 102 Å². The van der Waals surface area contributed by atoms with E-state index in [1.807, 2.05) is 38.1 Å². The van der Waals surface area contributed by atoms with Crippen molar-refractivity contribution in [3.8, 4) is 5.75 Å². The Bertz CT molecular complexity index is 397. The summed E-state index contributed by atoms with van der Waals surface area (Å²) in [6, 6.07) is 7.51. The second-order valence-corrected chi connectivity index (χ2v) is 4.81. The SMILES string of the molecule is CC(C)Oc1ccccc1C(=O)CC1CNC1. The fraction of sp³-hybridized carbons (Fsp3) is 0.500. The lowest BCUT2D eigenvalue weighted by Crippen LogP contribution is -2.42. The molecule has 0 amide bonds. The van der Waals surface area contributed by atoms with Crippen molar-refractivity contribution in [3.63, 3.8) is 0 Å². The van der Waals surface area contributed by atoms with E-state index in [0.29, 0.717) is 23.7 Å². The highest BCUT2D eigenvalue weighted by molar-refractivity contribution is 5.98. The minimum absolute atomic E-state index is 0.0920. The monoisotopic (exact) mass is 233 g/mol. The summed E-state index contributed by atoms with van der Waals surface area (Å²) in [5.41, 5.74) is 0.716. The Balaban J connectivity index is 2.09. The second kappa shape index (κ2) is 5.32. The van der Waals surface area contributed by atoms with Gasteiger partial charge in [-0.2, -0.15) is 0 Å². The van der Waals surface area contributed by atoms with E-state index in [1.54, 1.807) is 0 Å². The zero-order chi connectivity index (χ0) is 12.3. The number of Topliss-reactive ketones (excluding diaryl/α,β-unsaturated/α-hetero) is 1. The molecule has 1 aliphatic rings. The number of ketones is 1. The summed E-state index contributed by atoms with van der Waals surface area (Å²) in [5.74, 6) is 1.39. The summed E-state index contributed by atoms with van der Waals surface area (Å²) in [7, 11) is 0. The van der Waals surface area contributed by atoms with Gasteiger partial charge in [-0.05, 0) is 45.0 Å². The molecular weight excluding hydrogens is 214 g/mol. The molecule has 3 heteroatoms.